The van der Waals surface area contributed by atoms with Crippen LogP contribution in [0.5, 0.6) is 0 Å². The number of carbonyl (C=O) groups is 1. The van der Waals surface area contributed by atoms with Gasteiger partial charge in [-0.1, -0.05) is 24.3 Å². The molecule has 2 aromatic heterocycles. The fourth-order valence-electron chi connectivity index (χ4n) is 2.89. The molecule has 0 bridgehead atoms. The summed E-state index contributed by atoms with van der Waals surface area (Å²) in [7, 11) is 0. The van der Waals surface area contributed by atoms with Gasteiger partial charge >= 0.3 is 0 Å². The van der Waals surface area contributed by atoms with Gasteiger partial charge in [-0.3, -0.25) is 4.79 Å². The summed E-state index contributed by atoms with van der Waals surface area (Å²) in [6.07, 6.45) is 3.96. The fraction of sp³-hybridized carbons (Fsp3) is 0.0476. The number of para-hydroxylation sites is 1. The van der Waals surface area contributed by atoms with Crippen LogP contribution in [0.15, 0.2) is 73.1 Å². The lowest BCUT2D eigenvalue weighted by Gasteiger charge is -2.09. The second-order valence-corrected chi connectivity index (χ2v) is 7.30. The van der Waals surface area contributed by atoms with Crippen LogP contribution >= 0.6 is 22.6 Å². The predicted octanol–water partition coefficient (Wildman–Crippen LogP) is 5.17. The van der Waals surface area contributed by atoms with E-state index < -0.39 is 0 Å². The molecule has 128 valence electrons. The zero-order valence-corrected chi connectivity index (χ0v) is 16.3. The first-order chi connectivity index (χ1) is 12.6. The average molecular weight is 453 g/mol. The lowest BCUT2D eigenvalue weighted by Crippen LogP contribution is -2.12. The Bertz CT molecular complexity index is 1100. The quantitative estimate of drug-likeness (QED) is 0.436. The molecule has 0 aliphatic carbocycles. The van der Waals surface area contributed by atoms with E-state index in [1.807, 2.05) is 84.4 Å². The Morgan fingerprint density at radius 1 is 1.04 bits per heavy atom. The fourth-order valence-corrected chi connectivity index (χ4v) is 3.25. The van der Waals surface area contributed by atoms with Crippen LogP contribution in [0.1, 0.15) is 15.9 Å². The van der Waals surface area contributed by atoms with E-state index in [0.29, 0.717) is 5.56 Å². The highest BCUT2D eigenvalue weighted by Gasteiger charge is 2.13. The predicted molar refractivity (Wildman–Crippen MR) is 112 cm³/mol. The summed E-state index contributed by atoms with van der Waals surface area (Å²) in [5, 5.41) is 3.01. The van der Waals surface area contributed by atoms with E-state index in [4.69, 9.17) is 4.98 Å². The Hall–Kier alpha value is -2.67. The number of halogens is 1. The summed E-state index contributed by atoms with van der Waals surface area (Å²) < 4.78 is 3.10. The summed E-state index contributed by atoms with van der Waals surface area (Å²) in [5.41, 5.74) is 5.14. The molecule has 2 heterocycles. The number of hydrogen-bond acceptors (Lipinski definition) is 2. The Kier molecular flexibility index (Phi) is 4.46. The Balaban J connectivity index is 1.71. The average Bonchev–Trinajstić information content (AvgIpc) is 3.08. The molecule has 4 aromatic rings. The third kappa shape index (κ3) is 3.22. The van der Waals surface area contributed by atoms with Crippen LogP contribution in [0.25, 0.3) is 16.9 Å². The van der Waals surface area contributed by atoms with Crippen molar-refractivity contribution in [1.29, 1.82) is 0 Å². The Labute approximate surface area is 165 Å². The van der Waals surface area contributed by atoms with Crippen LogP contribution in [-0.4, -0.2) is 15.3 Å². The van der Waals surface area contributed by atoms with E-state index in [2.05, 4.69) is 27.9 Å². The number of nitrogens with one attached hydrogen (secondary N) is 1. The van der Waals surface area contributed by atoms with Crippen molar-refractivity contribution in [2.24, 2.45) is 0 Å². The maximum absolute atomic E-state index is 12.6. The minimum Gasteiger partial charge on any atom is -0.321 e. The number of carbonyl (C=O) groups excluding carboxylic acids is 1. The Morgan fingerprint density at radius 2 is 1.81 bits per heavy atom. The molecule has 0 aliphatic heterocycles. The second-order valence-electron chi connectivity index (χ2n) is 6.05. The van der Waals surface area contributed by atoms with Crippen LogP contribution in [0.2, 0.25) is 0 Å². The molecule has 0 aliphatic rings. The van der Waals surface area contributed by atoms with Gasteiger partial charge in [0.1, 0.15) is 5.65 Å². The number of rotatable bonds is 3. The van der Waals surface area contributed by atoms with Gasteiger partial charge in [-0.05, 0) is 71.5 Å². The molecule has 0 saturated carbocycles. The minimum atomic E-state index is -0.131. The molecule has 26 heavy (non-hydrogen) atoms. The zero-order chi connectivity index (χ0) is 18.1. The summed E-state index contributed by atoms with van der Waals surface area (Å²) in [5.74, 6) is -0.131. The number of anilines is 1. The molecular formula is C21H16IN3O. The normalized spacial score (nSPS) is 10.8. The second kappa shape index (κ2) is 6.92. The largest absolute Gasteiger partial charge is 0.321 e. The third-order valence-electron chi connectivity index (χ3n) is 4.24. The smallest absolute Gasteiger partial charge is 0.255 e. The Morgan fingerprint density at radius 3 is 2.58 bits per heavy atom. The maximum atomic E-state index is 12.6. The molecule has 1 N–H and O–H groups in total. The number of benzene rings is 2. The van der Waals surface area contributed by atoms with Gasteiger partial charge in [-0.15, -0.1) is 0 Å². The topological polar surface area (TPSA) is 46.4 Å². The highest BCUT2D eigenvalue weighted by Crippen LogP contribution is 2.28. The highest BCUT2D eigenvalue weighted by atomic mass is 127. The van der Waals surface area contributed by atoms with E-state index in [9.17, 15) is 4.79 Å². The number of hydrogen-bond donors (Lipinski definition) is 1. The van der Waals surface area contributed by atoms with Gasteiger partial charge in [0.25, 0.3) is 5.91 Å². The highest BCUT2D eigenvalue weighted by molar-refractivity contribution is 14.1. The molecule has 0 fully saturated rings. The number of imidazole rings is 1. The summed E-state index contributed by atoms with van der Waals surface area (Å²) in [4.78, 5) is 17.3. The monoisotopic (exact) mass is 453 g/mol. The van der Waals surface area contributed by atoms with Gasteiger partial charge in [0.05, 0.1) is 11.4 Å². The van der Waals surface area contributed by atoms with Crippen molar-refractivity contribution >= 4 is 39.8 Å². The van der Waals surface area contributed by atoms with Crippen molar-refractivity contribution < 1.29 is 4.79 Å². The summed E-state index contributed by atoms with van der Waals surface area (Å²) in [6, 6.07) is 19.3. The standard InChI is InChI=1S/C21H16IN3O/c1-14-5-4-12-25-13-19(23-20(14)25)17-6-2-3-7-18(17)24-21(26)15-8-10-16(22)11-9-15/h2-13H,1H3,(H,24,26). The lowest BCUT2D eigenvalue weighted by molar-refractivity contribution is 0.102. The molecule has 5 heteroatoms. The minimum absolute atomic E-state index is 0.131. The molecule has 1 amide bonds. The summed E-state index contributed by atoms with van der Waals surface area (Å²) >= 11 is 2.22. The van der Waals surface area contributed by atoms with E-state index in [0.717, 1.165) is 31.7 Å². The van der Waals surface area contributed by atoms with Crippen LogP contribution in [-0.2, 0) is 0 Å². The molecule has 4 rings (SSSR count). The first kappa shape index (κ1) is 16.8. The first-order valence-electron chi connectivity index (χ1n) is 8.22. The van der Waals surface area contributed by atoms with Crippen molar-refractivity contribution in [2.45, 2.75) is 6.92 Å². The summed E-state index contributed by atoms with van der Waals surface area (Å²) in [6.45, 7) is 2.04. The molecule has 2 aromatic carbocycles. The van der Waals surface area contributed by atoms with Crippen molar-refractivity contribution in [3.8, 4) is 11.3 Å². The molecular weight excluding hydrogens is 437 g/mol. The molecule has 0 unspecified atom stereocenters. The van der Waals surface area contributed by atoms with Crippen LogP contribution in [0.4, 0.5) is 5.69 Å². The molecule has 4 nitrogen and oxygen atoms in total. The number of aromatic nitrogens is 2. The van der Waals surface area contributed by atoms with Gasteiger partial charge in [0.2, 0.25) is 0 Å². The van der Waals surface area contributed by atoms with E-state index >= 15 is 0 Å². The van der Waals surface area contributed by atoms with Crippen molar-refractivity contribution in [1.82, 2.24) is 9.38 Å². The van der Waals surface area contributed by atoms with Gasteiger partial charge in [0.15, 0.2) is 0 Å². The van der Waals surface area contributed by atoms with Crippen LogP contribution < -0.4 is 5.32 Å². The molecule has 0 atom stereocenters. The zero-order valence-electron chi connectivity index (χ0n) is 14.1. The van der Waals surface area contributed by atoms with E-state index in [1.165, 1.54) is 0 Å². The maximum Gasteiger partial charge on any atom is 0.255 e. The van der Waals surface area contributed by atoms with Gasteiger partial charge < -0.3 is 9.72 Å². The number of aryl methyl sites for hydroxylation is 1. The van der Waals surface area contributed by atoms with Gasteiger partial charge in [-0.2, -0.15) is 0 Å². The van der Waals surface area contributed by atoms with Gasteiger partial charge in [0, 0.05) is 27.1 Å². The number of nitrogens with zero attached hydrogens (tertiary/aromatic N) is 2. The van der Waals surface area contributed by atoms with E-state index in [-0.39, 0.29) is 5.91 Å². The number of amides is 1. The number of fused-ring (bicyclic) bond motifs is 1. The van der Waals surface area contributed by atoms with Gasteiger partial charge in [-0.25, -0.2) is 4.98 Å². The van der Waals surface area contributed by atoms with E-state index in [1.54, 1.807) is 0 Å². The molecule has 0 saturated heterocycles. The molecule has 0 radical (unpaired) electrons. The van der Waals surface area contributed by atoms with Crippen molar-refractivity contribution in [2.75, 3.05) is 5.32 Å². The first-order valence-corrected chi connectivity index (χ1v) is 9.30. The SMILES string of the molecule is Cc1cccn2cc(-c3ccccc3NC(=O)c3ccc(I)cc3)nc12. The van der Waals surface area contributed by atoms with Crippen molar-refractivity contribution in [3.63, 3.8) is 0 Å². The van der Waals surface area contributed by atoms with Crippen molar-refractivity contribution in [3.05, 3.63) is 87.8 Å². The van der Waals surface area contributed by atoms with Crippen LogP contribution in [0, 0.1) is 10.5 Å². The molecule has 0 spiro atoms. The van der Waals surface area contributed by atoms with Crippen LogP contribution in [0.3, 0.4) is 0 Å². The third-order valence-corrected chi connectivity index (χ3v) is 4.95. The lowest BCUT2D eigenvalue weighted by atomic mass is 10.1. The number of pyridine rings is 1.